The van der Waals surface area contributed by atoms with Gasteiger partial charge in [-0.1, -0.05) is 0 Å². The molecule has 0 saturated heterocycles. The lowest BCUT2D eigenvalue weighted by molar-refractivity contribution is -0.151. The van der Waals surface area contributed by atoms with Crippen molar-refractivity contribution in [3.63, 3.8) is 0 Å². The minimum absolute atomic E-state index is 0.0158. The largest absolute Gasteiger partial charge is 0.507 e. The molecule has 0 heterocycles. The molecule has 1 atom stereocenters. The van der Waals surface area contributed by atoms with E-state index in [1.54, 1.807) is 48.5 Å². The molecule has 0 radical (unpaired) electrons. The van der Waals surface area contributed by atoms with Gasteiger partial charge in [0.15, 0.2) is 5.78 Å². The number of aliphatic hydroxyl groups is 1. The van der Waals surface area contributed by atoms with Gasteiger partial charge in [-0.2, -0.15) is 0 Å². The number of carbonyl (C=O) groups excluding carboxylic acids is 4. The van der Waals surface area contributed by atoms with Crippen LogP contribution in [0.3, 0.4) is 0 Å². The van der Waals surface area contributed by atoms with Crippen molar-refractivity contribution < 1.29 is 58.2 Å². The number of carboxylic acid groups (broad SMARTS) is 1. The van der Waals surface area contributed by atoms with E-state index in [1.807, 2.05) is 0 Å². The van der Waals surface area contributed by atoms with Crippen molar-refractivity contribution in [3.8, 4) is 23.0 Å². The second kappa shape index (κ2) is 13.9. The highest BCUT2D eigenvalue weighted by Crippen LogP contribution is 2.39. The molecular weight excluding hydrogens is 660 g/mol. The number of phenols is 1. The predicted octanol–water partition coefficient (Wildman–Crippen LogP) is 6.00. The fourth-order valence-corrected chi connectivity index (χ4v) is 6.13. The number of carboxylic acids is 1. The minimum Gasteiger partial charge on any atom is -0.507 e. The van der Waals surface area contributed by atoms with E-state index < -0.39 is 41.0 Å². The molecule has 0 fully saturated rings. The van der Waals surface area contributed by atoms with Crippen LogP contribution in [-0.4, -0.2) is 57.7 Å². The second-order valence-electron chi connectivity index (χ2n) is 12.7. The van der Waals surface area contributed by atoms with Crippen LogP contribution in [0.2, 0.25) is 0 Å². The van der Waals surface area contributed by atoms with Crippen molar-refractivity contribution in [1.82, 2.24) is 0 Å². The van der Waals surface area contributed by atoms with E-state index in [0.717, 1.165) is 12.2 Å². The van der Waals surface area contributed by atoms with Gasteiger partial charge in [-0.25, -0.2) is 19.2 Å². The molecule has 0 aromatic heterocycles. The Morgan fingerprint density at radius 1 is 0.647 bits per heavy atom. The zero-order valence-electron chi connectivity index (χ0n) is 30.3. The van der Waals surface area contributed by atoms with Gasteiger partial charge in [0.25, 0.3) is 0 Å². The van der Waals surface area contributed by atoms with Crippen LogP contribution in [0.4, 0.5) is 0 Å². The van der Waals surface area contributed by atoms with Gasteiger partial charge in [-0.05, 0) is 138 Å². The summed E-state index contributed by atoms with van der Waals surface area (Å²) >= 11 is 0. The molecule has 0 unspecified atom stereocenters. The van der Waals surface area contributed by atoms with Crippen LogP contribution < -0.4 is 14.2 Å². The number of esters is 3. The first-order valence-corrected chi connectivity index (χ1v) is 15.8. The number of rotatable bonds is 8. The Morgan fingerprint density at radius 2 is 1.22 bits per heavy atom. The minimum atomic E-state index is -2.34. The molecule has 0 spiro atoms. The molecule has 3 aromatic rings. The number of hydrogen-bond donors (Lipinski definition) is 3. The van der Waals surface area contributed by atoms with Crippen LogP contribution in [-0.2, 0) is 14.3 Å². The van der Waals surface area contributed by atoms with Crippen LogP contribution in [0, 0.1) is 62.3 Å². The number of carbonyl (C=O) groups is 5. The van der Waals surface area contributed by atoms with Crippen molar-refractivity contribution in [2.75, 3.05) is 7.11 Å². The average molecular weight is 701 g/mol. The summed E-state index contributed by atoms with van der Waals surface area (Å²) < 4.78 is 22.2. The predicted molar refractivity (Wildman–Crippen MR) is 185 cm³/mol. The number of aromatic carboxylic acids is 1. The Kier molecular flexibility index (Phi) is 10.4. The first kappa shape index (κ1) is 38.1. The normalized spacial score (nSPS) is 15.5. The highest BCUT2D eigenvalue weighted by atomic mass is 16.6. The zero-order chi connectivity index (χ0) is 38.4. The smallest absolute Gasteiger partial charge is 0.356 e. The van der Waals surface area contributed by atoms with Crippen molar-refractivity contribution in [2.24, 2.45) is 0 Å². The van der Waals surface area contributed by atoms with Crippen LogP contribution >= 0.6 is 0 Å². The van der Waals surface area contributed by atoms with Gasteiger partial charge in [0.05, 0.1) is 18.2 Å². The van der Waals surface area contributed by atoms with Gasteiger partial charge in [-0.3, -0.25) is 4.79 Å². The van der Waals surface area contributed by atoms with Crippen molar-refractivity contribution >= 4 is 29.7 Å². The summed E-state index contributed by atoms with van der Waals surface area (Å²) in [6.07, 6.45) is 2.11. The van der Waals surface area contributed by atoms with Crippen LogP contribution in [0.1, 0.15) is 88.1 Å². The second-order valence-corrected chi connectivity index (χ2v) is 12.7. The SMILES string of the molecule is COC1=CC(=O)C=C(C)[C@]1(O)C(=O)Oc1c(C)cc(C(=O)Oc2cc(C)c(C(=O)Oc3c(C)c(C)c(C(=O)O)c(C)c3C)c(O)c2C)c(C)c1C. The first-order chi connectivity index (χ1) is 23.7. The molecule has 268 valence electrons. The van der Waals surface area contributed by atoms with E-state index in [2.05, 4.69) is 0 Å². The summed E-state index contributed by atoms with van der Waals surface area (Å²) in [6, 6.07) is 2.88. The molecule has 0 saturated carbocycles. The van der Waals surface area contributed by atoms with E-state index in [1.165, 1.54) is 40.0 Å². The molecule has 12 heteroatoms. The highest BCUT2D eigenvalue weighted by Gasteiger charge is 2.48. The van der Waals surface area contributed by atoms with Crippen molar-refractivity contribution in [3.05, 3.63) is 102 Å². The Bertz CT molecular complexity index is 2100. The first-order valence-electron chi connectivity index (χ1n) is 15.8. The van der Waals surface area contributed by atoms with E-state index in [0.29, 0.717) is 38.9 Å². The molecule has 3 N–H and O–H groups in total. The Hall–Kier alpha value is -5.75. The third-order valence-electron chi connectivity index (χ3n) is 9.59. The molecule has 51 heavy (non-hydrogen) atoms. The van der Waals surface area contributed by atoms with Gasteiger partial charge in [0.1, 0.15) is 34.3 Å². The number of ketones is 1. The average Bonchev–Trinajstić information content (AvgIpc) is 3.05. The zero-order valence-corrected chi connectivity index (χ0v) is 30.3. The number of methoxy groups -OCH3 is 1. The molecular formula is C39H40O12. The summed E-state index contributed by atoms with van der Waals surface area (Å²) in [5.74, 6) is -4.82. The van der Waals surface area contributed by atoms with E-state index in [9.17, 15) is 39.3 Å². The van der Waals surface area contributed by atoms with Crippen LogP contribution in [0.15, 0.2) is 35.6 Å². The summed E-state index contributed by atoms with van der Waals surface area (Å²) in [6.45, 7) is 15.8. The molecule has 3 aromatic carbocycles. The monoisotopic (exact) mass is 700 g/mol. The lowest BCUT2D eigenvalue weighted by Gasteiger charge is -2.30. The maximum atomic E-state index is 13.5. The molecule has 12 nitrogen and oxygen atoms in total. The summed E-state index contributed by atoms with van der Waals surface area (Å²) in [5.41, 5.74) is 1.10. The number of phenolic OH excluding ortho intramolecular Hbond substituents is 1. The Labute approximate surface area is 294 Å². The third kappa shape index (κ3) is 6.50. The topological polar surface area (TPSA) is 183 Å². The number of ether oxygens (including phenoxy) is 4. The molecule has 0 bridgehead atoms. The summed E-state index contributed by atoms with van der Waals surface area (Å²) in [7, 11) is 1.21. The lowest BCUT2D eigenvalue weighted by atomic mass is 9.87. The standard InChI is InChI=1S/C39H40O12/c1-16-13-28(25(10)32(41)30(16)37(45)50-34-23(8)20(5)31(35(42)43)21(6)24(34)9)49-36(44)27-12-17(2)33(22(7)19(27)4)51-38(46)39(47)18(3)14-26(40)15-29(39)48-11/h12-15,41,47H,1-11H3,(H,42,43)/t39-/m1/s1. The van der Waals surface area contributed by atoms with Crippen LogP contribution in [0.5, 0.6) is 23.0 Å². The summed E-state index contributed by atoms with van der Waals surface area (Å²) in [4.78, 5) is 64.0. The molecule has 1 aliphatic carbocycles. The maximum absolute atomic E-state index is 13.5. The molecule has 1 aliphatic rings. The molecule has 0 amide bonds. The Morgan fingerprint density at radius 3 is 1.76 bits per heavy atom. The van der Waals surface area contributed by atoms with Gasteiger partial charge in [0.2, 0.25) is 5.60 Å². The van der Waals surface area contributed by atoms with Gasteiger partial charge in [0, 0.05) is 11.6 Å². The quantitative estimate of drug-likeness (QED) is 0.184. The number of allylic oxidation sites excluding steroid dienone is 2. The molecule has 4 rings (SSSR count). The number of aryl methyl sites for hydroxylation is 2. The van der Waals surface area contributed by atoms with Gasteiger partial charge in [-0.15, -0.1) is 0 Å². The van der Waals surface area contributed by atoms with E-state index in [4.69, 9.17) is 18.9 Å². The number of benzene rings is 3. The number of aromatic hydroxyl groups is 1. The lowest BCUT2D eigenvalue weighted by Crippen LogP contribution is -2.47. The maximum Gasteiger partial charge on any atom is 0.356 e. The highest BCUT2D eigenvalue weighted by molar-refractivity contribution is 6.06. The van der Waals surface area contributed by atoms with Crippen molar-refractivity contribution in [2.45, 2.75) is 74.8 Å². The fraction of sp³-hybridized carbons (Fsp3) is 0.308. The summed E-state index contributed by atoms with van der Waals surface area (Å²) in [5, 5.41) is 32.1. The third-order valence-corrected chi connectivity index (χ3v) is 9.59. The van der Waals surface area contributed by atoms with Gasteiger partial charge >= 0.3 is 23.9 Å². The molecule has 0 aliphatic heterocycles. The number of hydrogen-bond acceptors (Lipinski definition) is 11. The van der Waals surface area contributed by atoms with Gasteiger partial charge < -0.3 is 34.3 Å². The van der Waals surface area contributed by atoms with Crippen molar-refractivity contribution in [1.29, 1.82) is 0 Å². The fourth-order valence-electron chi connectivity index (χ4n) is 6.13. The Balaban J connectivity index is 1.63. The van der Waals surface area contributed by atoms with E-state index >= 15 is 0 Å². The van der Waals surface area contributed by atoms with Crippen LogP contribution in [0.25, 0.3) is 0 Å². The van der Waals surface area contributed by atoms with E-state index in [-0.39, 0.29) is 56.4 Å².